The minimum Gasteiger partial charge on any atom is -0.282 e. The van der Waals surface area contributed by atoms with Crippen LogP contribution in [-0.4, -0.2) is 38.6 Å². The van der Waals surface area contributed by atoms with E-state index in [4.69, 9.17) is 11.6 Å². The summed E-state index contributed by atoms with van der Waals surface area (Å²) in [5.74, 6) is -2.81. The fourth-order valence-corrected chi connectivity index (χ4v) is 2.51. The zero-order chi connectivity index (χ0) is 14.2. The molecule has 1 aromatic heterocycles. The summed E-state index contributed by atoms with van der Waals surface area (Å²) >= 11 is 5.86. The Kier molecular flexibility index (Phi) is 3.73. The third-order valence-electron chi connectivity index (χ3n) is 3.27. The molecule has 1 unspecified atom stereocenters. The third-order valence-corrected chi connectivity index (χ3v) is 3.64. The van der Waals surface area contributed by atoms with Crippen LogP contribution in [0, 0.1) is 10.1 Å². The molecule has 1 fully saturated rings. The summed E-state index contributed by atoms with van der Waals surface area (Å²) in [5, 5.41) is 14.3. The van der Waals surface area contributed by atoms with Crippen LogP contribution in [-0.2, 0) is 0 Å². The predicted octanol–water partition coefficient (Wildman–Crippen LogP) is 2.69. The summed E-state index contributed by atoms with van der Waals surface area (Å²) in [6, 6.07) is 0. The van der Waals surface area contributed by atoms with Crippen LogP contribution < -0.4 is 0 Å². The van der Waals surface area contributed by atoms with Crippen LogP contribution in [0.3, 0.4) is 0 Å². The molecule has 1 aromatic rings. The van der Waals surface area contributed by atoms with E-state index < -0.39 is 23.4 Å². The Labute approximate surface area is 113 Å². The first-order valence-corrected chi connectivity index (χ1v) is 6.23. The Hall–Kier alpha value is -1.28. The van der Waals surface area contributed by atoms with Crippen molar-refractivity contribution in [2.75, 3.05) is 13.1 Å². The fourth-order valence-electron chi connectivity index (χ4n) is 2.23. The SMILES string of the molecule is CCN1CCC(F)(F)CC1n1ncc([N+](=O)[O-])c1Cl. The van der Waals surface area contributed by atoms with Gasteiger partial charge in [-0.25, -0.2) is 13.5 Å². The Morgan fingerprint density at radius 1 is 1.68 bits per heavy atom. The molecule has 1 aliphatic heterocycles. The van der Waals surface area contributed by atoms with Crippen LogP contribution in [0.1, 0.15) is 25.9 Å². The van der Waals surface area contributed by atoms with E-state index in [2.05, 4.69) is 5.10 Å². The molecule has 0 N–H and O–H groups in total. The van der Waals surface area contributed by atoms with E-state index in [-0.39, 0.29) is 23.8 Å². The van der Waals surface area contributed by atoms with Crippen molar-refractivity contribution in [3.8, 4) is 0 Å². The second-order valence-corrected chi connectivity index (χ2v) is 4.80. The molecule has 6 nitrogen and oxygen atoms in total. The standard InChI is InChI=1S/C10H13ClF2N4O2/c1-2-15-4-3-10(12,13)5-8(15)16-9(11)7(6-14-16)17(18)19/h6,8H,2-5H2,1H3. The van der Waals surface area contributed by atoms with Crippen molar-refractivity contribution in [1.82, 2.24) is 14.7 Å². The first-order chi connectivity index (χ1) is 8.85. The molecule has 0 aliphatic carbocycles. The first-order valence-electron chi connectivity index (χ1n) is 5.85. The number of hydrogen-bond acceptors (Lipinski definition) is 4. The van der Waals surface area contributed by atoms with Gasteiger partial charge in [0.15, 0.2) is 0 Å². The van der Waals surface area contributed by atoms with Gasteiger partial charge >= 0.3 is 5.69 Å². The van der Waals surface area contributed by atoms with Gasteiger partial charge in [-0.1, -0.05) is 18.5 Å². The molecule has 1 atom stereocenters. The Balaban J connectivity index is 2.34. The fraction of sp³-hybridized carbons (Fsp3) is 0.700. The van der Waals surface area contributed by atoms with E-state index >= 15 is 0 Å². The van der Waals surface area contributed by atoms with Gasteiger partial charge in [-0.2, -0.15) is 5.10 Å². The lowest BCUT2D eigenvalue weighted by Crippen LogP contribution is -2.44. The Morgan fingerprint density at radius 3 is 2.89 bits per heavy atom. The van der Waals surface area contributed by atoms with E-state index in [1.54, 1.807) is 4.90 Å². The summed E-state index contributed by atoms with van der Waals surface area (Å²) in [5.41, 5.74) is -0.369. The third kappa shape index (κ3) is 2.69. The number of halogens is 3. The highest BCUT2D eigenvalue weighted by atomic mass is 35.5. The van der Waals surface area contributed by atoms with Gasteiger partial charge in [0.05, 0.1) is 4.92 Å². The van der Waals surface area contributed by atoms with Gasteiger partial charge in [0, 0.05) is 19.4 Å². The maximum atomic E-state index is 13.5. The van der Waals surface area contributed by atoms with Gasteiger partial charge in [0.1, 0.15) is 12.4 Å². The highest BCUT2D eigenvalue weighted by molar-refractivity contribution is 6.31. The molecule has 0 bridgehead atoms. The van der Waals surface area contributed by atoms with E-state index in [1.807, 2.05) is 6.92 Å². The molecule has 1 saturated heterocycles. The van der Waals surface area contributed by atoms with Crippen molar-refractivity contribution in [1.29, 1.82) is 0 Å². The molecule has 0 saturated carbocycles. The predicted molar refractivity (Wildman–Crippen MR) is 64.4 cm³/mol. The quantitative estimate of drug-likeness (QED) is 0.635. The summed E-state index contributed by atoms with van der Waals surface area (Å²) in [6.45, 7) is 2.59. The van der Waals surface area contributed by atoms with Gasteiger partial charge in [-0.3, -0.25) is 15.0 Å². The normalized spacial score (nSPS) is 23.5. The molecule has 1 aliphatic rings. The molecule has 19 heavy (non-hydrogen) atoms. The summed E-state index contributed by atoms with van der Waals surface area (Å²) in [7, 11) is 0. The number of rotatable bonds is 3. The number of hydrogen-bond donors (Lipinski definition) is 0. The summed E-state index contributed by atoms with van der Waals surface area (Å²) < 4.78 is 28.1. The lowest BCUT2D eigenvalue weighted by Gasteiger charge is -2.38. The number of aromatic nitrogens is 2. The van der Waals surface area contributed by atoms with Gasteiger partial charge in [-0.05, 0) is 6.54 Å². The van der Waals surface area contributed by atoms with Gasteiger partial charge in [-0.15, -0.1) is 0 Å². The van der Waals surface area contributed by atoms with E-state index in [0.717, 1.165) is 10.9 Å². The van der Waals surface area contributed by atoms with Crippen LogP contribution in [0.5, 0.6) is 0 Å². The average molecular weight is 295 g/mol. The molecule has 0 aromatic carbocycles. The maximum Gasteiger partial charge on any atom is 0.325 e. The minimum atomic E-state index is -2.81. The largest absolute Gasteiger partial charge is 0.325 e. The summed E-state index contributed by atoms with van der Waals surface area (Å²) in [6.07, 6.45) is -0.435. The molecule has 106 valence electrons. The lowest BCUT2D eigenvalue weighted by molar-refractivity contribution is -0.384. The van der Waals surface area contributed by atoms with Crippen LogP contribution >= 0.6 is 11.6 Å². The second-order valence-electron chi connectivity index (χ2n) is 4.44. The van der Waals surface area contributed by atoms with Crippen molar-refractivity contribution >= 4 is 17.3 Å². The van der Waals surface area contributed by atoms with E-state index in [1.165, 1.54) is 0 Å². The minimum absolute atomic E-state index is 0.207. The smallest absolute Gasteiger partial charge is 0.282 e. The second kappa shape index (κ2) is 5.01. The molecule has 2 rings (SSSR count). The van der Waals surface area contributed by atoms with E-state index in [0.29, 0.717) is 6.54 Å². The monoisotopic (exact) mass is 294 g/mol. The molecule has 0 spiro atoms. The Bertz CT molecular complexity index is 494. The molecule has 0 amide bonds. The van der Waals surface area contributed by atoms with Gasteiger partial charge in [0.2, 0.25) is 5.15 Å². The molecular weight excluding hydrogens is 282 g/mol. The average Bonchev–Trinajstić information content (AvgIpc) is 2.70. The highest BCUT2D eigenvalue weighted by Crippen LogP contribution is 2.39. The first kappa shape index (κ1) is 14.1. The van der Waals surface area contributed by atoms with Crippen molar-refractivity contribution in [2.24, 2.45) is 0 Å². The molecule has 9 heteroatoms. The van der Waals surface area contributed by atoms with Crippen molar-refractivity contribution in [3.63, 3.8) is 0 Å². The van der Waals surface area contributed by atoms with Crippen LogP contribution in [0.2, 0.25) is 5.15 Å². The van der Waals surface area contributed by atoms with Crippen molar-refractivity contribution in [2.45, 2.75) is 31.9 Å². The van der Waals surface area contributed by atoms with Crippen molar-refractivity contribution < 1.29 is 13.7 Å². The highest BCUT2D eigenvalue weighted by Gasteiger charge is 2.42. The zero-order valence-electron chi connectivity index (χ0n) is 10.2. The molecule has 2 heterocycles. The number of likely N-dealkylation sites (tertiary alicyclic amines) is 1. The summed E-state index contributed by atoms with van der Waals surface area (Å²) in [4.78, 5) is 11.8. The number of nitrogens with zero attached hydrogens (tertiary/aromatic N) is 4. The molecule has 0 radical (unpaired) electrons. The van der Waals surface area contributed by atoms with E-state index in [9.17, 15) is 18.9 Å². The van der Waals surface area contributed by atoms with Gasteiger partial charge < -0.3 is 0 Å². The zero-order valence-corrected chi connectivity index (χ0v) is 11.0. The molecular formula is C10H13ClF2N4O2. The van der Waals surface area contributed by atoms with Crippen molar-refractivity contribution in [3.05, 3.63) is 21.5 Å². The van der Waals surface area contributed by atoms with Crippen LogP contribution in [0.15, 0.2) is 6.20 Å². The topological polar surface area (TPSA) is 64.2 Å². The van der Waals surface area contributed by atoms with Gasteiger partial charge in [0.25, 0.3) is 5.92 Å². The number of piperidine rings is 1. The van der Waals surface area contributed by atoms with Crippen LogP contribution in [0.4, 0.5) is 14.5 Å². The Morgan fingerprint density at radius 2 is 2.37 bits per heavy atom. The number of alkyl halides is 2. The number of nitro groups is 1. The lowest BCUT2D eigenvalue weighted by atomic mass is 10.0. The maximum absolute atomic E-state index is 13.5. The van der Waals surface area contributed by atoms with Crippen LogP contribution in [0.25, 0.3) is 0 Å².